The normalized spacial score (nSPS) is 22.1. The molecule has 5 nitrogen and oxygen atoms in total. The van der Waals surface area contributed by atoms with Crippen molar-refractivity contribution in [2.45, 2.75) is 25.2 Å². The molecule has 0 saturated heterocycles. The topological polar surface area (TPSA) is 89.3 Å². The molecule has 0 bridgehead atoms. The molecular formula is C13H18N2O3S. The number of rotatable bonds is 4. The van der Waals surface area contributed by atoms with E-state index in [4.69, 9.17) is 5.14 Å². The number of primary sulfonamides is 1. The summed E-state index contributed by atoms with van der Waals surface area (Å²) in [5.74, 6) is 0.963. The molecule has 0 aromatic heterocycles. The maximum atomic E-state index is 12.0. The van der Waals surface area contributed by atoms with Gasteiger partial charge in [-0.2, -0.15) is 0 Å². The van der Waals surface area contributed by atoms with Crippen LogP contribution in [0.4, 0.5) is 0 Å². The van der Waals surface area contributed by atoms with Crippen molar-refractivity contribution >= 4 is 15.9 Å². The number of nitrogens with two attached hydrogens (primary N) is 1. The fraction of sp³-hybridized carbons (Fsp3) is 0.462. The number of hydrogen-bond acceptors (Lipinski definition) is 3. The van der Waals surface area contributed by atoms with Crippen LogP contribution in [-0.4, -0.2) is 20.9 Å². The smallest absolute Gasteiger partial charge is 0.251 e. The highest BCUT2D eigenvalue weighted by molar-refractivity contribution is 7.89. The minimum atomic E-state index is -3.78. The van der Waals surface area contributed by atoms with Gasteiger partial charge in [-0.25, -0.2) is 13.6 Å². The van der Waals surface area contributed by atoms with Gasteiger partial charge in [0.15, 0.2) is 0 Å². The summed E-state index contributed by atoms with van der Waals surface area (Å²) in [7, 11) is -3.78. The molecular weight excluding hydrogens is 264 g/mol. The Morgan fingerprint density at radius 1 is 1.47 bits per heavy atom. The van der Waals surface area contributed by atoms with E-state index in [0.717, 1.165) is 12.0 Å². The molecule has 1 aromatic carbocycles. The average molecular weight is 282 g/mol. The molecule has 1 amide bonds. The van der Waals surface area contributed by atoms with Crippen LogP contribution in [0.3, 0.4) is 0 Å². The highest BCUT2D eigenvalue weighted by atomic mass is 32.2. The van der Waals surface area contributed by atoms with Crippen LogP contribution in [0.5, 0.6) is 0 Å². The van der Waals surface area contributed by atoms with Crippen molar-refractivity contribution in [1.29, 1.82) is 0 Å². The summed E-state index contributed by atoms with van der Waals surface area (Å²) >= 11 is 0. The van der Waals surface area contributed by atoms with Crippen LogP contribution in [0.2, 0.25) is 0 Å². The fourth-order valence-electron chi connectivity index (χ4n) is 2.03. The number of benzene rings is 1. The van der Waals surface area contributed by atoms with Gasteiger partial charge in [0, 0.05) is 12.1 Å². The average Bonchev–Trinajstić information content (AvgIpc) is 3.01. The molecule has 0 heterocycles. The van der Waals surface area contributed by atoms with Crippen LogP contribution in [0, 0.1) is 18.8 Å². The van der Waals surface area contributed by atoms with E-state index < -0.39 is 10.0 Å². The first-order valence-electron chi connectivity index (χ1n) is 6.20. The second-order valence-electron chi connectivity index (χ2n) is 5.20. The zero-order valence-electron chi connectivity index (χ0n) is 11.0. The lowest BCUT2D eigenvalue weighted by Crippen LogP contribution is -2.27. The summed E-state index contributed by atoms with van der Waals surface area (Å²) in [6.07, 6.45) is 1.14. The van der Waals surface area contributed by atoms with Crippen molar-refractivity contribution in [3.63, 3.8) is 0 Å². The summed E-state index contributed by atoms with van der Waals surface area (Å²) in [5, 5.41) is 7.90. The predicted molar refractivity (Wildman–Crippen MR) is 72.2 cm³/mol. The molecule has 1 saturated carbocycles. The molecule has 0 radical (unpaired) electrons. The Morgan fingerprint density at radius 3 is 2.63 bits per heavy atom. The van der Waals surface area contributed by atoms with Crippen molar-refractivity contribution < 1.29 is 13.2 Å². The van der Waals surface area contributed by atoms with E-state index in [1.807, 2.05) is 0 Å². The Hall–Kier alpha value is -1.40. The van der Waals surface area contributed by atoms with E-state index in [1.165, 1.54) is 12.1 Å². The van der Waals surface area contributed by atoms with Gasteiger partial charge < -0.3 is 5.32 Å². The molecule has 0 spiro atoms. The monoisotopic (exact) mass is 282 g/mol. The van der Waals surface area contributed by atoms with Gasteiger partial charge in [0.05, 0.1) is 4.90 Å². The van der Waals surface area contributed by atoms with E-state index in [2.05, 4.69) is 12.2 Å². The van der Waals surface area contributed by atoms with Crippen molar-refractivity contribution in [3.8, 4) is 0 Å². The van der Waals surface area contributed by atoms with Crippen LogP contribution in [0.25, 0.3) is 0 Å². The Labute approximate surface area is 113 Å². The van der Waals surface area contributed by atoms with Crippen molar-refractivity contribution in [3.05, 3.63) is 29.3 Å². The van der Waals surface area contributed by atoms with E-state index >= 15 is 0 Å². The van der Waals surface area contributed by atoms with Crippen molar-refractivity contribution in [2.24, 2.45) is 17.0 Å². The third-order valence-electron chi connectivity index (χ3n) is 3.58. The second kappa shape index (κ2) is 4.94. The van der Waals surface area contributed by atoms with Crippen LogP contribution in [-0.2, 0) is 10.0 Å². The van der Waals surface area contributed by atoms with E-state index in [1.54, 1.807) is 13.0 Å². The van der Waals surface area contributed by atoms with Gasteiger partial charge in [0.25, 0.3) is 5.91 Å². The van der Waals surface area contributed by atoms with E-state index in [9.17, 15) is 13.2 Å². The van der Waals surface area contributed by atoms with Gasteiger partial charge in [-0.05, 0) is 42.9 Å². The molecule has 6 heteroatoms. The Morgan fingerprint density at radius 2 is 2.11 bits per heavy atom. The molecule has 2 atom stereocenters. The number of carbonyl (C=O) groups is 1. The SMILES string of the molecule is Cc1ccc(S(N)(=O)=O)cc1C(=O)NCC1CC1C. The lowest BCUT2D eigenvalue weighted by molar-refractivity contribution is 0.0950. The minimum absolute atomic E-state index is 0.0389. The van der Waals surface area contributed by atoms with Crippen LogP contribution >= 0.6 is 0 Å². The third kappa shape index (κ3) is 3.33. The van der Waals surface area contributed by atoms with Crippen molar-refractivity contribution in [1.82, 2.24) is 5.32 Å². The number of nitrogens with one attached hydrogen (secondary N) is 1. The highest BCUT2D eigenvalue weighted by Gasteiger charge is 2.32. The largest absolute Gasteiger partial charge is 0.352 e. The lowest BCUT2D eigenvalue weighted by Gasteiger charge is -2.09. The second-order valence-corrected chi connectivity index (χ2v) is 6.77. The summed E-state index contributed by atoms with van der Waals surface area (Å²) in [4.78, 5) is 12.0. The minimum Gasteiger partial charge on any atom is -0.352 e. The van der Waals surface area contributed by atoms with Gasteiger partial charge in [0.1, 0.15) is 0 Å². The third-order valence-corrected chi connectivity index (χ3v) is 4.49. The first-order valence-corrected chi connectivity index (χ1v) is 7.75. The number of aryl methyl sites for hydroxylation is 1. The number of sulfonamides is 1. The van der Waals surface area contributed by atoms with Gasteiger partial charge >= 0.3 is 0 Å². The molecule has 19 heavy (non-hydrogen) atoms. The zero-order valence-corrected chi connectivity index (χ0v) is 11.8. The van der Waals surface area contributed by atoms with E-state index in [-0.39, 0.29) is 10.8 Å². The fourth-order valence-corrected chi connectivity index (χ4v) is 2.57. The Kier molecular flexibility index (Phi) is 3.64. The predicted octanol–water partition coefficient (Wildman–Crippen LogP) is 1.03. The molecule has 3 N–H and O–H groups in total. The van der Waals surface area contributed by atoms with Crippen LogP contribution in [0.1, 0.15) is 29.3 Å². The maximum Gasteiger partial charge on any atom is 0.251 e. The van der Waals surface area contributed by atoms with Gasteiger partial charge in [-0.3, -0.25) is 4.79 Å². The molecule has 1 aliphatic carbocycles. The number of amides is 1. The summed E-state index contributed by atoms with van der Waals surface area (Å²) < 4.78 is 22.6. The first kappa shape index (κ1) is 14.0. The quantitative estimate of drug-likeness (QED) is 0.864. The molecule has 1 fully saturated rings. The van der Waals surface area contributed by atoms with Crippen LogP contribution in [0.15, 0.2) is 23.1 Å². The van der Waals surface area contributed by atoms with E-state index in [0.29, 0.717) is 23.9 Å². The number of carbonyl (C=O) groups excluding carboxylic acids is 1. The van der Waals surface area contributed by atoms with Gasteiger partial charge in [0.2, 0.25) is 10.0 Å². The molecule has 0 aliphatic heterocycles. The van der Waals surface area contributed by atoms with Crippen LogP contribution < -0.4 is 10.5 Å². The maximum absolute atomic E-state index is 12.0. The summed E-state index contributed by atoms with van der Waals surface area (Å²) in [6, 6.07) is 4.33. The molecule has 1 aromatic rings. The Bertz CT molecular complexity index is 610. The molecule has 1 aliphatic rings. The molecule has 2 rings (SSSR count). The lowest BCUT2D eigenvalue weighted by atomic mass is 10.1. The molecule has 2 unspecified atom stereocenters. The summed E-state index contributed by atoms with van der Waals surface area (Å²) in [6.45, 7) is 4.55. The standard InChI is InChI=1S/C13H18N2O3S/c1-8-3-4-11(19(14,17)18)6-12(8)13(16)15-7-10-5-9(10)2/h3-4,6,9-10H,5,7H2,1-2H3,(H,15,16)(H2,14,17,18). The highest BCUT2D eigenvalue weighted by Crippen LogP contribution is 2.36. The zero-order chi connectivity index (χ0) is 14.2. The van der Waals surface area contributed by atoms with Gasteiger partial charge in [-0.15, -0.1) is 0 Å². The van der Waals surface area contributed by atoms with Gasteiger partial charge in [-0.1, -0.05) is 13.0 Å². The first-order chi connectivity index (χ1) is 8.79. The number of hydrogen-bond donors (Lipinski definition) is 2. The van der Waals surface area contributed by atoms with Crippen molar-refractivity contribution in [2.75, 3.05) is 6.54 Å². The molecule has 104 valence electrons. The Balaban J connectivity index is 2.16. The summed E-state index contributed by atoms with van der Waals surface area (Å²) in [5.41, 5.74) is 1.09.